The SMILES string of the molecule is CN(C(=O)NC(=O)CC(C)(C)C(=O)O)C1CCCCC1. The lowest BCUT2D eigenvalue weighted by molar-refractivity contribution is -0.149. The normalized spacial score (nSPS) is 16.6. The van der Waals surface area contributed by atoms with Crippen LogP contribution in [0.1, 0.15) is 52.4 Å². The van der Waals surface area contributed by atoms with E-state index in [9.17, 15) is 14.4 Å². The summed E-state index contributed by atoms with van der Waals surface area (Å²) in [6, 6.07) is -0.271. The van der Waals surface area contributed by atoms with E-state index < -0.39 is 23.3 Å². The largest absolute Gasteiger partial charge is 0.481 e. The van der Waals surface area contributed by atoms with E-state index in [0.29, 0.717) is 0 Å². The maximum Gasteiger partial charge on any atom is 0.324 e. The van der Waals surface area contributed by atoms with Gasteiger partial charge < -0.3 is 10.0 Å². The second kappa shape index (κ2) is 6.72. The van der Waals surface area contributed by atoms with Gasteiger partial charge in [0.2, 0.25) is 5.91 Å². The first-order valence-electron chi connectivity index (χ1n) is 7.04. The Morgan fingerprint density at radius 3 is 2.25 bits per heavy atom. The Hall–Kier alpha value is -1.59. The van der Waals surface area contributed by atoms with Crippen LogP contribution in [0.5, 0.6) is 0 Å². The lowest BCUT2D eigenvalue weighted by atomic mass is 9.89. The number of rotatable bonds is 4. The van der Waals surface area contributed by atoms with Gasteiger partial charge in [-0.1, -0.05) is 19.3 Å². The van der Waals surface area contributed by atoms with E-state index in [-0.39, 0.29) is 12.5 Å². The van der Waals surface area contributed by atoms with Crippen molar-refractivity contribution in [3.63, 3.8) is 0 Å². The molecule has 0 unspecified atom stereocenters. The minimum atomic E-state index is -1.17. The van der Waals surface area contributed by atoms with Gasteiger partial charge in [0.15, 0.2) is 0 Å². The van der Waals surface area contributed by atoms with Gasteiger partial charge in [-0.2, -0.15) is 0 Å². The number of amides is 3. The molecule has 114 valence electrons. The number of nitrogens with one attached hydrogen (secondary N) is 1. The zero-order valence-electron chi connectivity index (χ0n) is 12.4. The molecule has 0 aliphatic heterocycles. The number of carbonyl (C=O) groups excluding carboxylic acids is 2. The van der Waals surface area contributed by atoms with Gasteiger partial charge in [0, 0.05) is 19.5 Å². The summed E-state index contributed by atoms with van der Waals surface area (Å²) in [5.74, 6) is -1.61. The standard InChI is InChI=1S/C14H24N2O4/c1-14(2,12(18)19)9-11(17)15-13(20)16(3)10-7-5-4-6-8-10/h10H,4-9H2,1-3H3,(H,18,19)(H,15,17,20). The lowest BCUT2D eigenvalue weighted by Gasteiger charge is -2.31. The average molecular weight is 284 g/mol. The second-order valence-electron chi connectivity index (χ2n) is 6.12. The zero-order chi connectivity index (χ0) is 15.3. The molecule has 0 saturated heterocycles. The highest BCUT2D eigenvalue weighted by atomic mass is 16.4. The Kier molecular flexibility index (Phi) is 5.53. The zero-order valence-corrected chi connectivity index (χ0v) is 12.4. The van der Waals surface area contributed by atoms with E-state index in [0.717, 1.165) is 25.7 Å². The molecule has 1 fully saturated rings. The van der Waals surface area contributed by atoms with Gasteiger partial charge in [-0.15, -0.1) is 0 Å². The molecule has 0 atom stereocenters. The number of imide groups is 1. The van der Waals surface area contributed by atoms with Crippen molar-refractivity contribution in [3.8, 4) is 0 Å². The molecule has 1 saturated carbocycles. The van der Waals surface area contributed by atoms with Crippen LogP contribution in [-0.2, 0) is 9.59 Å². The van der Waals surface area contributed by atoms with Crippen molar-refractivity contribution in [2.45, 2.75) is 58.4 Å². The molecule has 0 heterocycles. The fraction of sp³-hybridized carbons (Fsp3) is 0.786. The van der Waals surface area contributed by atoms with Crippen LogP contribution in [-0.4, -0.2) is 41.0 Å². The molecule has 0 spiro atoms. The number of carboxylic acid groups (broad SMARTS) is 1. The molecule has 1 aliphatic carbocycles. The van der Waals surface area contributed by atoms with Crippen molar-refractivity contribution < 1.29 is 19.5 Å². The summed E-state index contributed by atoms with van der Waals surface area (Å²) in [4.78, 5) is 36.2. The number of aliphatic carboxylic acids is 1. The maximum absolute atomic E-state index is 12.0. The highest BCUT2D eigenvalue weighted by Gasteiger charge is 2.31. The van der Waals surface area contributed by atoms with Crippen molar-refractivity contribution in [1.29, 1.82) is 0 Å². The molecule has 20 heavy (non-hydrogen) atoms. The number of hydrogen-bond donors (Lipinski definition) is 2. The highest BCUT2D eigenvalue weighted by Crippen LogP contribution is 2.22. The summed E-state index contributed by atoms with van der Waals surface area (Å²) in [7, 11) is 1.68. The third kappa shape index (κ3) is 4.51. The van der Waals surface area contributed by atoms with Crippen LogP contribution in [0.3, 0.4) is 0 Å². The quantitative estimate of drug-likeness (QED) is 0.826. The van der Waals surface area contributed by atoms with Gasteiger partial charge in [0.1, 0.15) is 0 Å². The van der Waals surface area contributed by atoms with Gasteiger partial charge >= 0.3 is 12.0 Å². The third-order valence-corrected chi connectivity index (χ3v) is 3.87. The van der Waals surface area contributed by atoms with E-state index in [2.05, 4.69) is 5.32 Å². The summed E-state index contributed by atoms with van der Waals surface area (Å²) < 4.78 is 0. The number of hydrogen-bond acceptors (Lipinski definition) is 3. The number of nitrogens with zero attached hydrogens (tertiary/aromatic N) is 1. The highest BCUT2D eigenvalue weighted by molar-refractivity contribution is 5.96. The van der Waals surface area contributed by atoms with Crippen molar-refractivity contribution in [2.24, 2.45) is 5.41 Å². The first-order chi connectivity index (χ1) is 9.24. The van der Waals surface area contributed by atoms with E-state index >= 15 is 0 Å². The van der Waals surface area contributed by atoms with Crippen LogP contribution in [0, 0.1) is 5.41 Å². The number of carbonyl (C=O) groups is 3. The molecule has 0 aromatic heterocycles. The van der Waals surface area contributed by atoms with E-state index in [1.807, 2.05) is 0 Å². The van der Waals surface area contributed by atoms with Crippen molar-refractivity contribution in [2.75, 3.05) is 7.05 Å². The summed E-state index contributed by atoms with van der Waals surface area (Å²) in [5, 5.41) is 11.2. The van der Waals surface area contributed by atoms with E-state index in [1.54, 1.807) is 11.9 Å². The predicted octanol–water partition coefficient (Wildman–Crippen LogP) is 1.99. The molecule has 0 aromatic carbocycles. The van der Waals surface area contributed by atoms with Crippen LogP contribution < -0.4 is 5.32 Å². The van der Waals surface area contributed by atoms with Crippen LogP contribution in [0.15, 0.2) is 0 Å². The Labute approximate surface area is 119 Å². The Morgan fingerprint density at radius 1 is 1.20 bits per heavy atom. The minimum Gasteiger partial charge on any atom is -0.481 e. The summed E-state index contributed by atoms with van der Waals surface area (Å²) in [6.45, 7) is 2.93. The molecule has 6 nitrogen and oxygen atoms in total. The van der Waals surface area contributed by atoms with Crippen molar-refractivity contribution in [1.82, 2.24) is 10.2 Å². The smallest absolute Gasteiger partial charge is 0.324 e. The number of carboxylic acids is 1. The Bertz CT molecular complexity index is 387. The van der Waals surface area contributed by atoms with Gasteiger partial charge in [-0.3, -0.25) is 14.9 Å². The Morgan fingerprint density at radius 2 is 1.75 bits per heavy atom. The molecule has 0 aromatic rings. The second-order valence-corrected chi connectivity index (χ2v) is 6.12. The van der Waals surface area contributed by atoms with Crippen molar-refractivity contribution in [3.05, 3.63) is 0 Å². The first kappa shape index (κ1) is 16.5. The fourth-order valence-electron chi connectivity index (χ4n) is 2.36. The molecule has 1 aliphatic rings. The molecule has 0 bridgehead atoms. The predicted molar refractivity (Wildman–Crippen MR) is 74.2 cm³/mol. The minimum absolute atomic E-state index is 0.170. The van der Waals surface area contributed by atoms with Crippen LogP contribution in [0.2, 0.25) is 0 Å². The summed E-state index contributed by atoms with van der Waals surface area (Å²) in [6.07, 6.45) is 5.09. The molecular formula is C14H24N2O4. The van der Waals surface area contributed by atoms with Gasteiger partial charge in [-0.05, 0) is 26.7 Å². The van der Waals surface area contributed by atoms with Gasteiger partial charge in [0.25, 0.3) is 0 Å². The fourth-order valence-corrected chi connectivity index (χ4v) is 2.36. The lowest BCUT2D eigenvalue weighted by Crippen LogP contribution is -2.47. The van der Waals surface area contributed by atoms with Gasteiger partial charge in [0.05, 0.1) is 5.41 Å². The molecule has 6 heteroatoms. The van der Waals surface area contributed by atoms with Crippen molar-refractivity contribution >= 4 is 17.9 Å². The summed E-state index contributed by atoms with van der Waals surface area (Å²) in [5.41, 5.74) is -1.17. The monoisotopic (exact) mass is 284 g/mol. The van der Waals surface area contributed by atoms with Crippen LogP contribution in [0.4, 0.5) is 4.79 Å². The number of urea groups is 1. The molecule has 2 N–H and O–H groups in total. The third-order valence-electron chi connectivity index (χ3n) is 3.87. The van der Waals surface area contributed by atoms with Crippen LogP contribution in [0.25, 0.3) is 0 Å². The molecule has 0 radical (unpaired) electrons. The van der Waals surface area contributed by atoms with Crippen LogP contribution >= 0.6 is 0 Å². The van der Waals surface area contributed by atoms with E-state index in [1.165, 1.54) is 20.3 Å². The first-order valence-corrected chi connectivity index (χ1v) is 7.04. The molecule has 3 amide bonds. The topological polar surface area (TPSA) is 86.7 Å². The maximum atomic E-state index is 12.0. The average Bonchev–Trinajstić information content (AvgIpc) is 2.37. The molecular weight excluding hydrogens is 260 g/mol. The Balaban J connectivity index is 2.48. The molecule has 1 rings (SSSR count). The van der Waals surface area contributed by atoms with E-state index in [4.69, 9.17) is 5.11 Å². The summed E-state index contributed by atoms with van der Waals surface area (Å²) >= 11 is 0. The van der Waals surface area contributed by atoms with Gasteiger partial charge in [-0.25, -0.2) is 4.79 Å².